The molecule has 1 unspecified atom stereocenters. The molecule has 0 bridgehead atoms. The van der Waals surface area contributed by atoms with Crippen molar-refractivity contribution in [3.63, 3.8) is 0 Å². The van der Waals surface area contributed by atoms with Crippen molar-refractivity contribution in [2.75, 3.05) is 7.11 Å². The number of rotatable bonds is 3. The van der Waals surface area contributed by atoms with Gasteiger partial charge < -0.3 is 10.5 Å². The Hall–Kier alpha value is -1.09. The third-order valence-corrected chi connectivity index (χ3v) is 3.36. The Morgan fingerprint density at radius 3 is 2.60 bits per heavy atom. The lowest BCUT2D eigenvalue weighted by atomic mass is 9.89. The van der Waals surface area contributed by atoms with Crippen molar-refractivity contribution in [1.29, 1.82) is 0 Å². The molecule has 2 rings (SSSR count). The number of methoxy groups -OCH3 is 1. The highest BCUT2D eigenvalue weighted by Crippen LogP contribution is 2.53. The molecule has 0 spiro atoms. The van der Waals surface area contributed by atoms with Crippen molar-refractivity contribution in [3.05, 3.63) is 29.6 Å². The summed E-state index contributed by atoms with van der Waals surface area (Å²) in [5.74, 6) is 0.348. The summed E-state index contributed by atoms with van der Waals surface area (Å²) in [6.45, 7) is 2.00. The van der Waals surface area contributed by atoms with E-state index in [1.54, 1.807) is 13.2 Å². The van der Waals surface area contributed by atoms with Gasteiger partial charge in [0, 0.05) is 23.1 Å². The van der Waals surface area contributed by atoms with Gasteiger partial charge >= 0.3 is 0 Å². The molecule has 1 atom stereocenters. The molecule has 0 aliphatic heterocycles. The summed E-state index contributed by atoms with van der Waals surface area (Å²) in [5.41, 5.74) is 7.03. The number of halogens is 1. The summed E-state index contributed by atoms with van der Waals surface area (Å²) in [6, 6.07) is 4.78. The number of ether oxygens (including phenoxy) is 1. The van der Waals surface area contributed by atoms with Crippen molar-refractivity contribution in [1.82, 2.24) is 0 Å². The van der Waals surface area contributed by atoms with Gasteiger partial charge in [-0.25, -0.2) is 4.39 Å². The van der Waals surface area contributed by atoms with Crippen LogP contribution in [0.25, 0.3) is 0 Å². The summed E-state index contributed by atoms with van der Waals surface area (Å²) in [4.78, 5) is 0. The molecule has 82 valence electrons. The zero-order chi connectivity index (χ0) is 11.1. The number of hydrogen-bond donors (Lipinski definition) is 1. The lowest BCUT2D eigenvalue weighted by Crippen LogP contribution is -2.31. The van der Waals surface area contributed by atoms with Gasteiger partial charge in [0.2, 0.25) is 0 Å². The van der Waals surface area contributed by atoms with E-state index in [0.717, 1.165) is 18.4 Å². The van der Waals surface area contributed by atoms with Gasteiger partial charge in [0.05, 0.1) is 7.11 Å². The zero-order valence-corrected chi connectivity index (χ0v) is 9.09. The molecule has 1 aliphatic rings. The topological polar surface area (TPSA) is 35.2 Å². The molecule has 0 saturated heterocycles. The van der Waals surface area contributed by atoms with Crippen LogP contribution in [0.3, 0.4) is 0 Å². The minimum atomic E-state index is -0.268. The van der Waals surface area contributed by atoms with E-state index in [-0.39, 0.29) is 17.3 Å². The summed E-state index contributed by atoms with van der Waals surface area (Å²) in [6.07, 6.45) is 2.12. The Bertz CT molecular complexity index is 372. The van der Waals surface area contributed by atoms with Gasteiger partial charge in [-0.05, 0) is 25.8 Å². The van der Waals surface area contributed by atoms with E-state index in [1.165, 1.54) is 12.1 Å². The van der Waals surface area contributed by atoms with Crippen molar-refractivity contribution in [2.24, 2.45) is 5.73 Å². The second-order valence-electron chi connectivity index (χ2n) is 4.29. The molecule has 2 nitrogen and oxygen atoms in total. The number of hydrogen-bond acceptors (Lipinski definition) is 2. The first-order chi connectivity index (χ1) is 7.10. The normalized spacial score (nSPS) is 19.7. The molecular formula is C12H16FNO. The SMILES string of the molecule is COc1cc(F)ccc1C1(C(C)N)CC1. The third-order valence-electron chi connectivity index (χ3n) is 3.36. The zero-order valence-electron chi connectivity index (χ0n) is 9.09. The minimum absolute atomic E-state index is 0.0129. The van der Waals surface area contributed by atoms with Gasteiger partial charge in [-0.3, -0.25) is 0 Å². The molecule has 0 radical (unpaired) electrons. The lowest BCUT2D eigenvalue weighted by molar-refractivity contribution is 0.395. The first-order valence-corrected chi connectivity index (χ1v) is 5.20. The Labute approximate surface area is 89.2 Å². The second-order valence-corrected chi connectivity index (χ2v) is 4.29. The maximum absolute atomic E-state index is 13.0. The van der Waals surface area contributed by atoms with E-state index in [2.05, 4.69) is 0 Å². The third kappa shape index (κ3) is 1.61. The van der Waals surface area contributed by atoms with Crippen LogP contribution in [0.5, 0.6) is 5.75 Å². The molecule has 2 N–H and O–H groups in total. The highest BCUT2D eigenvalue weighted by molar-refractivity contribution is 5.44. The second kappa shape index (κ2) is 3.49. The quantitative estimate of drug-likeness (QED) is 0.828. The van der Waals surface area contributed by atoms with Crippen LogP contribution in [0.2, 0.25) is 0 Å². The highest BCUT2D eigenvalue weighted by atomic mass is 19.1. The van der Waals surface area contributed by atoms with Crippen LogP contribution in [0, 0.1) is 5.82 Å². The van der Waals surface area contributed by atoms with E-state index in [0.29, 0.717) is 5.75 Å². The molecule has 15 heavy (non-hydrogen) atoms. The van der Waals surface area contributed by atoms with Crippen LogP contribution < -0.4 is 10.5 Å². The monoisotopic (exact) mass is 209 g/mol. The van der Waals surface area contributed by atoms with Crippen LogP contribution in [0.15, 0.2) is 18.2 Å². The average Bonchev–Trinajstić information content (AvgIpc) is 2.98. The van der Waals surface area contributed by atoms with Crippen molar-refractivity contribution < 1.29 is 9.13 Å². The van der Waals surface area contributed by atoms with E-state index in [9.17, 15) is 4.39 Å². The predicted molar refractivity (Wildman–Crippen MR) is 57.5 cm³/mol. The van der Waals surface area contributed by atoms with E-state index >= 15 is 0 Å². The highest BCUT2D eigenvalue weighted by Gasteiger charge is 2.49. The molecule has 3 heteroatoms. The van der Waals surface area contributed by atoms with E-state index in [4.69, 9.17) is 10.5 Å². The number of nitrogens with two attached hydrogens (primary N) is 1. The fraction of sp³-hybridized carbons (Fsp3) is 0.500. The first-order valence-electron chi connectivity index (χ1n) is 5.20. The molecule has 1 fully saturated rings. The fourth-order valence-electron chi connectivity index (χ4n) is 2.18. The Balaban J connectivity index is 2.44. The van der Waals surface area contributed by atoms with Crippen molar-refractivity contribution in [2.45, 2.75) is 31.2 Å². The Morgan fingerprint density at radius 2 is 2.13 bits per heavy atom. The van der Waals surface area contributed by atoms with Crippen LogP contribution in [-0.4, -0.2) is 13.2 Å². The van der Waals surface area contributed by atoms with Gasteiger partial charge in [0.25, 0.3) is 0 Å². The fourth-order valence-corrected chi connectivity index (χ4v) is 2.18. The minimum Gasteiger partial charge on any atom is -0.496 e. The molecule has 1 aromatic carbocycles. The molecule has 0 heterocycles. The maximum Gasteiger partial charge on any atom is 0.126 e. The van der Waals surface area contributed by atoms with Gasteiger partial charge in [-0.1, -0.05) is 6.07 Å². The largest absolute Gasteiger partial charge is 0.496 e. The van der Waals surface area contributed by atoms with E-state index in [1.807, 2.05) is 6.92 Å². The molecule has 1 aliphatic carbocycles. The summed E-state index contributed by atoms with van der Waals surface area (Å²) in [7, 11) is 1.57. The average molecular weight is 209 g/mol. The standard InChI is InChI=1S/C12H16FNO/c1-8(14)12(5-6-12)10-4-3-9(13)7-11(10)15-2/h3-4,7-8H,5-6,14H2,1-2H3. The Kier molecular flexibility index (Phi) is 2.43. The van der Waals surface area contributed by atoms with Gasteiger partial charge in [0.15, 0.2) is 0 Å². The summed E-state index contributed by atoms with van der Waals surface area (Å²) in [5, 5.41) is 0. The van der Waals surface area contributed by atoms with Crippen LogP contribution in [-0.2, 0) is 5.41 Å². The summed E-state index contributed by atoms with van der Waals surface area (Å²) >= 11 is 0. The van der Waals surface area contributed by atoms with Gasteiger partial charge in [0.1, 0.15) is 11.6 Å². The van der Waals surface area contributed by atoms with Crippen molar-refractivity contribution in [3.8, 4) is 5.75 Å². The van der Waals surface area contributed by atoms with Gasteiger partial charge in [-0.15, -0.1) is 0 Å². The van der Waals surface area contributed by atoms with Crippen molar-refractivity contribution >= 4 is 0 Å². The Morgan fingerprint density at radius 1 is 1.47 bits per heavy atom. The van der Waals surface area contributed by atoms with Crippen LogP contribution >= 0.6 is 0 Å². The van der Waals surface area contributed by atoms with Gasteiger partial charge in [-0.2, -0.15) is 0 Å². The summed E-state index contributed by atoms with van der Waals surface area (Å²) < 4.78 is 18.2. The smallest absolute Gasteiger partial charge is 0.126 e. The molecular weight excluding hydrogens is 193 g/mol. The van der Waals surface area contributed by atoms with Crippen LogP contribution in [0.4, 0.5) is 4.39 Å². The molecule has 1 aromatic rings. The van der Waals surface area contributed by atoms with E-state index < -0.39 is 0 Å². The van der Waals surface area contributed by atoms with Crippen LogP contribution in [0.1, 0.15) is 25.3 Å². The molecule has 1 saturated carbocycles. The molecule has 0 aromatic heterocycles. The predicted octanol–water partition coefficient (Wildman–Crippen LogP) is 2.21. The maximum atomic E-state index is 13.0. The lowest BCUT2D eigenvalue weighted by Gasteiger charge is -2.22. The first kappa shape index (κ1) is 10.4. The number of benzene rings is 1. The molecule has 0 amide bonds.